The number of fused-ring (bicyclic) bond motifs is 1. The maximum atomic E-state index is 12.0. The van der Waals surface area contributed by atoms with Gasteiger partial charge in [0.05, 0.1) is 5.57 Å². The van der Waals surface area contributed by atoms with Gasteiger partial charge in [-0.3, -0.25) is 14.8 Å². The van der Waals surface area contributed by atoms with Crippen LogP contribution < -0.4 is 0 Å². The Bertz CT molecular complexity index is 613. The van der Waals surface area contributed by atoms with Crippen molar-refractivity contribution in [2.24, 2.45) is 0 Å². The third kappa shape index (κ3) is 2.86. The van der Waals surface area contributed by atoms with Gasteiger partial charge in [0.25, 0.3) is 5.91 Å². The SMILES string of the molecule is C/C(=C1\C(=O)N2C(C(=O)O)=CS[C@@H]12)c1c[nH]nn1.O.O.O.O. The van der Waals surface area contributed by atoms with Gasteiger partial charge in [0.2, 0.25) is 0 Å². The number of hydrogen-bond donors (Lipinski definition) is 2. The normalized spacial score (nSPS) is 20.0. The summed E-state index contributed by atoms with van der Waals surface area (Å²) in [6.07, 6.45) is 1.60. The quantitative estimate of drug-likeness (QED) is 0.425. The third-order valence-corrected chi connectivity index (χ3v) is 3.99. The summed E-state index contributed by atoms with van der Waals surface area (Å²) in [5, 5.41) is 20.2. The molecule has 1 fully saturated rings. The molecule has 1 aromatic heterocycles. The second-order valence-electron chi connectivity index (χ2n) is 3.87. The molecule has 12 heteroatoms. The molecule has 1 saturated heterocycles. The molecule has 1 aromatic rings. The average molecular weight is 336 g/mol. The number of carboxylic acids is 1. The van der Waals surface area contributed by atoms with Gasteiger partial charge in [-0.25, -0.2) is 4.79 Å². The maximum Gasteiger partial charge on any atom is 0.353 e. The first-order valence-electron chi connectivity index (χ1n) is 5.11. The fourth-order valence-corrected chi connectivity index (χ4v) is 3.19. The second kappa shape index (κ2) is 7.67. The Kier molecular flexibility index (Phi) is 7.68. The smallest absolute Gasteiger partial charge is 0.353 e. The number of rotatable bonds is 2. The van der Waals surface area contributed by atoms with E-state index in [1.807, 2.05) is 0 Å². The molecule has 0 spiro atoms. The summed E-state index contributed by atoms with van der Waals surface area (Å²) in [6.45, 7) is 1.78. The van der Waals surface area contributed by atoms with Crippen molar-refractivity contribution in [2.75, 3.05) is 0 Å². The Labute approximate surface area is 127 Å². The molecule has 2 aliphatic rings. The molecular weight excluding hydrogens is 320 g/mol. The van der Waals surface area contributed by atoms with Crippen LogP contribution in [-0.4, -0.2) is 64.6 Å². The van der Waals surface area contributed by atoms with Crippen LogP contribution in [0.15, 0.2) is 22.9 Å². The van der Waals surface area contributed by atoms with Gasteiger partial charge in [0, 0.05) is 11.6 Å². The minimum Gasteiger partial charge on any atom is -0.477 e. The van der Waals surface area contributed by atoms with Gasteiger partial charge in [-0.15, -0.1) is 16.9 Å². The van der Waals surface area contributed by atoms with Crippen molar-refractivity contribution >= 4 is 29.2 Å². The van der Waals surface area contributed by atoms with Crippen LogP contribution in [0.4, 0.5) is 0 Å². The third-order valence-electron chi connectivity index (χ3n) is 2.92. The minimum absolute atomic E-state index is 0. The van der Waals surface area contributed by atoms with Crippen LogP contribution in [0.2, 0.25) is 0 Å². The van der Waals surface area contributed by atoms with Gasteiger partial charge in [-0.05, 0) is 12.5 Å². The fraction of sp³-hybridized carbons (Fsp3) is 0.200. The lowest BCUT2D eigenvalue weighted by Gasteiger charge is -2.38. The number of nitrogens with zero attached hydrogens (tertiary/aromatic N) is 3. The number of aromatic nitrogens is 3. The zero-order valence-corrected chi connectivity index (χ0v) is 12.1. The molecule has 1 atom stereocenters. The lowest BCUT2D eigenvalue weighted by atomic mass is 9.98. The fourth-order valence-electron chi connectivity index (χ4n) is 1.98. The summed E-state index contributed by atoms with van der Waals surface area (Å²) >= 11 is 1.31. The first-order chi connectivity index (χ1) is 8.61. The Morgan fingerprint density at radius 2 is 2.00 bits per heavy atom. The highest BCUT2D eigenvalue weighted by molar-refractivity contribution is 8.03. The maximum absolute atomic E-state index is 12.0. The van der Waals surface area contributed by atoms with Gasteiger partial charge in [-0.2, -0.15) is 0 Å². The van der Waals surface area contributed by atoms with Gasteiger partial charge >= 0.3 is 5.97 Å². The van der Waals surface area contributed by atoms with Crippen LogP contribution in [0.5, 0.6) is 0 Å². The number of aliphatic carboxylic acids is 1. The van der Waals surface area contributed by atoms with Crippen molar-refractivity contribution in [3.63, 3.8) is 0 Å². The van der Waals surface area contributed by atoms with E-state index >= 15 is 0 Å². The number of carbonyl (C=O) groups is 2. The predicted molar refractivity (Wildman–Crippen MR) is 77.4 cm³/mol. The number of thioether (sulfide) groups is 1. The zero-order chi connectivity index (χ0) is 12.9. The van der Waals surface area contributed by atoms with E-state index in [4.69, 9.17) is 5.11 Å². The molecule has 3 heterocycles. The highest BCUT2D eigenvalue weighted by atomic mass is 32.2. The second-order valence-corrected chi connectivity index (χ2v) is 4.82. The molecule has 3 rings (SSSR count). The van der Waals surface area contributed by atoms with Crippen LogP contribution in [-0.2, 0) is 9.59 Å². The topological polar surface area (TPSA) is 225 Å². The van der Waals surface area contributed by atoms with Gasteiger partial charge in [0.1, 0.15) is 16.8 Å². The molecular formula is C10H16N4O7S. The van der Waals surface area contributed by atoms with Crippen LogP contribution in [0, 0.1) is 0 Å². The summed E-state index contributed by atoms with van der Waals surface area (Å²) in [5.41, 5.74) is 1.94. The number of aromatic amines is 1. The molecule has 0 radical (unpaired) electrons. The zero-order valence-electron chi connectivity index (χ0n) is 11.2. The number of carbonyl (C=O) groups excluding carboxylic acids is 1. The van der Waals surface area contributed by atoms with Gasteiger partial charge in [0.15, 0.2) is 0 Å². The largest absolute Gasteiger partial charge is 0.477 e. The summed E-state index contributed by atoms with van der Waals surface area (Å²) in [5.74, 6) is -1.37. The van der Waals surface area contributed by atoms with E-state index in [1.165, 1.54) is 22.1 Å². The first-order valence-corrected chi connectivity index (χ1v) is 6.05. The van der Waals surface area contributed by atoms with E-state index in [-0.39, 0.29) is 38.9 Å². The summed E-state index contributed by atoms with van der Waals surface area (Å²) in [6, 6.07) is 0. The molecule has 0 saturated carbocycles. The van der Waals surface area contributed by atoms with E-state index in [0.29, 0.717) is 11.3 Å². The number of H-pyrrole nitrogens is 1. The Balaban J connectivity index is 0. The van der Waals surface area contributed by atoms with Crippen molar-refractivity contribution < 1.29 is 36.6 Å². The molecule has 0 aliphatic carbocycles. The van der Waals surface area contributed by atoms with Crippen molar-refractivity contribution in [3.05, 3.63) is 28.6 Å². The Morgan fingerprint density at radius 3 is 2.50 bits per heavy atom. The van der Waals surface area contributed by atoms with Crippen LogP contribution >= 0.6 is 11.8 Å². The summed E-state index contributed by atoms with van der Waals surface area (Å²) < 4.78 is 0. The monoisotopic (exact) mass is 336 g/mol. The van der Waals surface area contributed by atoms with E-state index < -0.39 is 5.97 Å². The molecule has 1 amide bonds. The van der Waals surface area contributed by atoms with Crippen LogP contribution in [0.3, 0.4) is 0 Å². The first kappa shape index (κ1) is 22.0. The van der Waals surface area contributed by atoms with Crippen molar-refractivity contribution in [3.8, 4) is 0 Å². The van der Waals surface area contributed by atoms with Crippen molar-refractivity contribution in [2.45, 2.75) is 12.3 Å². The highest BCUT2D eigenvalue weighted by Crippen LogP contribution is 2.46. The summed E-state index contributed by atoms with van der Waals surface area (Å²) in [4.78, 5) is 24.2. The standard InChI is InChI=1S/C10H8N4O3S.4H2O/c1-4(5-2-11-13-12-5)7-8(15)14-6(10(16)17)3-18-9(7)14;;;;/h2-3,9H,1H3,(H,16,17)(H,11,12,13);4*1H2/b7-4-;;;;/t9-;;;;/m0..../s1. The highest BCUT2D eigenvalue weighted by Gasteiger charge is 2.50. The number of amides is 1. The molecule has 0 unspecified atom stereocenters. The van der Waals surface area contributed by atoms with Crippen molar-refractivity contribution in [1.29, 1.82) is 0 Å². The van der Waals surface area contributed by atoms with E-state index in [1.54, 1.807) is 13.1 Å². The Morgan fingerprint density at radius 1 is 1.36 bits per heavy atom. The minimum atomic E-state index is -1.09. The van der Waals surface area contributed by atoms with E-state index in [9.17, 15) is 9.59 Å². The van der Waals surface area contributed by atoms with E-state index in [0.717, 1.165) is 5.57 Å². The molecule has 11 nitrogen and oxygen atoms in total. The number of hydrogen-bond acceptors (Lipinski definition) is 5. The lowest BCUT2D eigenvalue weighted by molar-refractivity contribution is -0.141. The number of allylic oxidation sites excluding steroid dienone is 1. The van der Waals surface area contributed by atoms with Gasteiger partial charge < -0.3 is 27.0 Å². The predicted octanol–water partition coefficient (Wildman–Crippen LogP) is -2.88. The van der Waals surface area contributed by atoms with Crippen molar-refractivity contribution in [1.82, 2.24) is 20.3 Å². The molecule has 0 aromatic carbocycles. The Hall–Kier alpha value is -2.25. The molecule has 10 N–H and O–H groups in total. The molecule has 2 aliphatic heterocycles. The van der Waals surface area contributed by atoms with Gasteiger partial charge in [-0.1, -0.05) is 5.21 Å². The average Bonchev–Trinajstić information content (AvgIpc) is 2.95. The number of β-lactam (4-membered cyclic amide) rings is 1. The number of carboxylic acid groups (broad SMARTS) is 1. The van der Waals surface area contributed by atoms with E-state index in [2.05, 4.69) is 15.4 Å². The number of nitrogens with one attached hydrogen (secondary N) is 1. The van der Waals surface area contributed by atoms with Crippen LogP contribution in [0.1, 0.15) is 12.6 Å². The summed E-state index contributed by atoms with van der Waals surface area (Å²) in [7, 11) is 0. The van der Waals surface area contributed by atoms with Crippen LogP contribution in [0.25, 0.3) is 5.57 Å². The molecule has 22 heavy (non-hydrogen) atoms. The molecule has 0 bridgehead atoms. The molecule has 124 valence electrons. The lowest BCUT2D eigenvalue weighted by Crippen LogP contribution is -2.51.